The molecule has 9 heteroatoms. The molecule has 0 radical (unpaired) electrons. The predicted octanol–water partition coefficient (Wildman–Crippen LogP) is 1.41. The third-order valence-electron chi connectivity index (χ3n) is 4.00. The number of amides is 3. The van der Waals surface area contributed by atoms with Crippen molar-refractivity contribution < 1.29 is 29.0 Å². The van der Waals surface area contributed by atoms with Crippen LogP contribution in [0, 0.1) is 5.92 Å². The second kappa shape index (κ2) is 10.8. The third kappa shape index (κ3) is 8.98. The van der Waals surface area contributed by atoms with Gasteiger partial charge in [-0.1, -0.05) is 0 Å². The van der Waals surface area contributed by atoms with Crippen LogP contribution in [0.2, 0.25) is 0 Å². The van der Waals surface area contributed by atoms with Gasteiger partial charge in [-0.3, -0.25) is 9.59 Å². The monoisotopic (exact) mass is 397 g/mol. The van der Waals surface area contributed by atoms with Crippen molar-refractivity contribution in [3.8, 4) is 0 Å². The highest BCUT2D eigenvalue weighted by atomic mass is 16.6. The summed E-state index contributed by atoms with van der Waals surface area (Å²) in [4.78, 5) is 49.1. The van der Waals surface area contributed by atoms with E-state index in [2.05, 4.69) is 5.32 Å². The van der Waals surface area contributed by atoms with E-state index < -0.39 is 35.5 Å². The Hall–Kier alpha value is -2.42. The molecule has 4 N–H and O–H groups in total. The summed E-state index contributed by atoms with van der Waals surface area (Å²) < 4.78 is 5.20. The number of imide groups is 1. The molecular weight excluding hydrogens is 366 g/mol. The molecule has 1 saturated carbocycles. The van der Waals surface area contributed by atoms with Gasteiger partial charge in [0, 0.05) is 18.7 Å². The van der Waals surface area contributed by atoms with Gasteiger partial charge in [-0.2, -0.15) is 0 Å². The average molecular weight is 397 g/mol. The van der Waals surface area contributed by atoms with Crippen molar-refractivity contribution >= 4 is 23.9 Å². The van der Waals surface area contributed by atoms with E-state index in [0.29, 0.717) is 36.7 Å². The van der Waals surface area contributed by atoms with Crippen molar-refractivity contribution in [3.63, 3.8) is 0 Å². The molecule has 158 valence electrons. The molecular formula is C19H31N3O6. The fraction of sp³-hybridized carbons (Fsp3) is 0.684. The Morgan fingerprint density at radius 3 is 2.36 bits per heavy atom. The summed E-state index contributed by atoms with van der Waals surface area (Å²) in [5, 5.41) is 12.2. The maximum atomic E-state index is 12.6. The molecule has 0 aliphatic heterocycles. The quantitative estimate of drug-likeness (QED) is 0.374. The number of hydrogen-bond acceptors (Lipinski definition) is 6. The molecule has 0 aromatic heterocycles. The molecule has 0 spiro atoms. The average Bonchev–Trinajstić information content (AvgIpc) is 3.39. The first-order chi connectivity index (χ1) is 13.0. The molecule has 0 aromatic rings. The fourth-order valence-electron chi connectivity index (χ4n) is 2.38. The summed E-state index contributed by atoms with van der Waals surface area (Å²) in [6, 6.07) is -1.41. The number of unbranched alkanes of at least 4 members (excludes halogenated alkanes) is 1. The molecule has 28 heavy (non-hydrogen) atoms. The van der Waals surface area contributed by atoms with Crippen LogP contribution in [0.3, 0.4) is 0 Å². The molecule has 1 rings (SSSR count). The lowest BCUT2D eigenvalue weighted by Crippen LogP contribution is -2.50. The largest absolute Gasteiger partial charge is 0.480 e. The molecule has 1 atom stereocenters. The van der Waals surface area contributed by atoms with Crippen LogP contribution in [0.5, 0.6) is 0 Å². The Morgan fingerprint density at radius 2 is 1.86 bits per heavy atom. The van der Waals surface area contributed by atoms with Gasteiger partial charge in [-0.05, 0) is 65.3 Å². The van der Waals surface area contributed by atoms with Crippen LogP contribution in [-0.2, 0) is 19.1 Å². The fourth-order valence-corrected chi connectivity index (χ4v) is 2.38. The second-order valence-electron chi connectivity index (χ2n) is 7.85. The van der Waals surface area contributed by atoms with E-state index in [-0.39, 0.29) is 6.42 Å². The van der Waals surface area contributed by atoms with Gasteiger partial charge >= 0.3 is 12.1 Å². The van der Waals surface area contributed by atoms with Gasteiger partial charge in [-0.15, -0.1) is 0 Å². The first kappa shape index (κ1) is 23.6. The lowest BCUT2D eigenvalue weighted by atomic mass is 10.1. The number of nitrogens with two attached hydrogens (primary N) is 1. The number of nitrogens with one attached hydrogen (secondary N) is 1. The Bertz CT molecular complexity index is 607. The van der Waals surface area contributed by atoms with E-state index in [0.717, 1.165) is 25.0 Å². The highest BCUT2D eigenvalue weighted by molar-refractivity contribution is 6.04. The van der Waals surface area contributed by atoms with Crippen LogP contribution < -0.4 is 11.1 Å². The second-order valence-corrected chi connectivity index (χ2v) is 7.85. The van der Waals surface area contributed by atoms with Gasteiger partial charge in [-0.25, -0.2) is 14.5 Å². The van der Waals surface area contributed by atoms with E-state index in [1.807, 2.05) is 0 Å². The molecule has 0 heterocycles. The lowest BCUT2D eigenvalue weighted by Gasteiger charge is -2.29. The van der Waals surface area contributed by atoms with Crippen molar-refractivity contribution in [2.24, 2.45) is 11.7 Å². The number of nitrogens with zero attached hydrogens (tertiary/aromatic N) is 1. The molecule has 3 amide bonds. The van der Waals surface area contributed by atoms with Crippen molar-refractivity contribution in [3.05, 3.63) is 12.2 Å². The van der Waals surface area contributed by atoms with Crippen LogP contribution in [0.4, 0.5) is 4.79 Å². The minimum Gasteiger partial charge on any atom is -0.480 e. The number of carboxylic acids is 1. The van der Waals surface area contributed by atoms with E-state index in [9.17, 15) is 24.3 Å². The maximum absolute atomic E-state index is 12.6. The number of aliphatic carboxylic acids is 1. The van der Waals surface area contributed by atoms with E-state index in [1.165, 1.54) is 0 Å². The zero-order chi connectivity index (χ0) is 21.3. The molecule has 1 aliphatic carbocycles. The number of rotatable bonds is 10. The minimum atomic E-state index is -1.41. The first-order valence-corrected chi connectivity index (χ1v) is 9.50. The van der Waals surface area contributed by atoms with Crippen molar-refractivity contribution in [2.75, 3.05) is 13.1 Å². The molecule has 9 nitrogen and oxygen atoms in total. The van der Waals surface area contributed by atoms with E-state index in [1.54, 1.807) is 20.8 Å². The molecule has 0 unspecified atom stereocenters. The summed E-state index contributed by atoms with van der Waals surface area (Å²) in [5.41, 5.74) is 4.51. The highest BCUT2D eigenvalue weighted by Crippen LogP contribution is 2.27. The highest BCUT2D eigenvalue weighted by Gasteiger charge is 2.36. The smallest absolute Gasteiger partial charge is 0.418 e. The zero-order valence-corrected chi connectivity index (χ0v) is 16.8. The van der Waals surface area contributed by atoms with Gasteiger partial charge < -0.3 is 20.9 Å². The van der Waals surface area contributed by atoms with Crippen molar-refractivity contribution in [1.82, 2.24) is 10.2 Å². The molecule has 0 aromatic carbocycles. The summed E-state index contributed by atoms with van der Waals surface area (Å²) in [6.45, 7) is 5.73. The molecule has 1 fully saturated rings. The van der Waals surface area contributed by atoms with Crippen molar-refractivity contribution in [2.45, 2.75) is 64.5 Å². The minimum absolute atomic E-state index is 0.0409. The van der Waals surface area contributed by atoms with Crippen LogP contribution in [0.15, 0.2) is 12.2 Å². The van der Waals surface area contributed by atoms with Crippen LogP contribution >= 0.6 is 0 Å². The summed E-state index contributed by atoms with van der Waals surface area (Å²) >= 11 is 0. The van der Waals surface area contributed by atoms with E-state index in [4.69, 9.17) is 10.5 Å². The maximum Gasteiger partial charge on any atom is 0.418 e. The first-order valence-electron chi connectivity index (χ1n) is 9.50. The Morgan fingerprint density at radius 1 is 1.21 bits per heavy atom. The normalized spacial score (nSPS) is 15.1. The predicted molar refractivity (Wildman–Crippen MR) is 102 cm³/mol. The van der Waals surface area contributed by atoms with Gasteiger partial charge in [0.05, 0.1) is 0 Å². The van der Waals surface area contributed by atoms with Gasteiger partial charge in [0.15, 0.2) is 0 Å². The summed E-state index contributed by atoms with van der Waals surface area (Å²) in [7, 11) is 0. The number of ether oxygens (including phenoxy) is 1. The number of carboxylic acid groups (broad SMARTS) is 1. The third-order valence-corrected chi connectivity index (χ3v) is 4.00. The SMILES string of the molecule is CC(C)(C)OC(=O)N(C(=O)/C=C/C(=O)NCC1CC1)[C@@H](CCCCN)C(=O)O. The van der Waals surface area contributed by atoms with Gasteiger partial charge in [0.25, 0.3) is 5.91 Å². The van der Waals surface area contributed by atoms with Crippen LogP contribution in [0.25, 0.3) is 0 Å². The Balaban J connectivity index is 2.91. The molecule has 0 saturated heterocycles. The summed E-state index contributed by atoms with van der Waals surface area (Å²) in [6.07, 6.45) is 3.98. The van der Waals surface area contributed by atoms with E-state index >= 15 is 0 Å². The van der Waals surface area contributed by atoms with Gasteiger partial charge in [0.1, 0.15) is 11.6 Å². The summed E-state index contributed by atoms with van der Waals surface area (Å²) in [5.74, 6) is -2.25. The van der Waals surface area contributed by atoms with Crippen LogP contribution in [0.1, 0.15) is 52.9 Å². The Kier molecular flexibility index (Phi) is 9.11. The van der Waals surface area contributed by atoms with Gasteiger partial charge in [0.2, 0.25) is 5.91 Å². The number of hydrogen-bond donors (Lipinski definition) is 3. The number of carbonyl (C=O) groups excluding carboxylic acids is 3. The molecule has 1 aliphatic rings. The van der Waals surface area contributed by atoms with Crippen LogP contribution in [-0.4, -0.2) is 58.6 Å². The topological polar surface area (TPSA) is 139 Å². The molecule has 0 bridgehead atoms. The Labute approximate surface area is 165 Å². The standard InChI is InChI=1S/C19H31N3O6/c1-19(2,3)28-18(27)22(14(17(25)26)6-4-5-11-20)16(24)10-9-15(23)21-12-13-7-8-13/h9-10,13-14H,4-8,11-12,20H2,1-3H3,(H,21,23)(H,25,26)/b10-9+/t14-/m0/s1. The lowest BCUT2D eigenvalue weighted by molar-refractivity contribution is -0.148. The number of carbonyl (C=O) groups is 4. The van der Waals surface area contributed by atoms with Crippen molar-refractivity contribution in [1.29, 1.82) is 0 Å². The zero-order valence-electron chi connectivity index (χ0n) is 16.8.